The van der Waals surface area contributed by atoms with Gasteiger partial charge in [-0.2, -0.15) is 0 Å². The van der Waals surface area contributed by atoms with Crippen LogP contribution in [0.4, 0.5) is 0 Å². The molecule has 1 saturated heterocycles. The number of pyridine rings is 2. The van der Waals surface area contributed by atoms with Gasteiger partial charge in [0.25, 0.3) is 11.8 Å². The number of benzene rings is 2. The standard InChI is InChI=1S/C47H54N8O2/c1-30-12-10-23-48-41(30)39-14-9-15-40(42-31(2)13-11-24-49-42)55(39)25-8-7-22-50-46(57)38-27-37-43(52-29-53-44(37)54-38)34-16-17-35(32(3)26-34)28-51-45(56)33-18-20-36(21-19-33)47(4,5)6/h10-13,16-21,23-24,26-27,29,39-40H,7-9,14-15,22,25,28H2,1-6H3,(H,50,57)(H,51,56)(H,52,53,54)/t39-,40+. The second kappa shape index (κ2) is 17.2. The summed E-state index contributed by atoms with van der Waals surface area (Å²) >= 11 is 0. The average molecular weight is 763 g/mol. The van der Waals surface area contributed by atoms with E-state index < -0.39 is 0 Å². The molecular weight excluding hydrogens is 709 g/mol. The van der Waals surface area contributed by atoms with Crippen LogP contribution in [0, 0.1) is 20.8 Å². The van der Waals surface area contributed by atoms with Gasteiger partial charge in [-0.05, 0) is 129 Å². The second-order valence-corrected chi connectivity index (χ2v) is 16.4. The van der Waals surface area contributed by atoms with Gasteiger partial charge in [0.1, 0.15) is 17.7 Å². The lowest BCUT2D eigenvalue weighted by atomic mass is 9.87. The molecule has 0 radical (unpaired) electrons. The molecule has 4 aromatic heterocycles. The number of unbranched alkanes of at least 4 members (excludes halogenated alkanes) is 1. The van der Waals surface area contributed by atoms with Crippen LogP contribution in [0.15, 0.2) is 91.5 Å². The number of amides is 2. The fourth-order valence-corrected chi connectivity index (χ4v) is 8.10. The summed E-state index contributed by atoms with van der Waals surface area (Å²) in [5.74, 6) is -0.276. The molecule has 2 amide bonds. The van der Waals surface area contributed by atoms with E-state index in [-0.39, 0.29) is 29.3 Å². The van der Waals surface area contributed by atoms with E-state index in [9.17, 15) is 9.59 Å². The summed E-state index contributed by atoms with van der Waals surface area (Å²) in [5, 5.41) is 6.96. The maximum Gasteiger partial charge on any atom is 0.267 e. The summed E-state index contributed by atoms with van der Waals surface area (Å²) in [6.45, 7) is 14.7. The van der Waals surface area contributed by atoms with Crippen molar-refractivity contribution >= 4 is 22.8 Å². The van der Waals surface area contributed by atoms with Crippen molar-refractivity contribution in [3.05, 3.63) is 142 Å². The monoisotopic (exact) mass is 762 g/mol. The van der Waals surface area contributed by atoms with Crippen molar-refractivity contribution in [2.24, 2.45) is 0 Å². The quantitative estimate of drug-likeness (QED) is 0.106. The number of hydrogen-bond donors (Lipinski definition) is 3. The Balaban J connectivity index is 0.970. The van der Waals surface area contributed by atoms with Gasteiger partial charge in [0.05, 0.1) is 29.2 Å². The van der Waals surface area contributed by atoms with Gasteiger partial charge in [0.2, 0.25) is 0 Å². The number of fused-ring (bicyclic) bond motifs is 1. The second-order valence-electron chi connectivity index (χ2n) is 16.4. The molecule has 3 N–H and O–H groups in total. The Hall–Kier alpha value is -5.74. The zero-order valence-electron chi connectivity index (χ0n) is 34.0. The molecule has 0 saturated carbocycles. The molecule has 5 heterocycles. The first kappa shape index (κ1) is 39.5. The fraction of sp³-hybridized carbons (Fsp3) is 0.362. The lowest BCUT2D eigenvalue weighted by Gasteiger charge is -2.42. The molecule has 7 rings (SSSR count). The number of carbonyl (C=O) groups is 2. The lowest BCUT2D eigenvalue weighted by Crippen LogP contribution is -2.38. The van der Waals surface area contributed by atoms with Gasteiger partial charge in [-0.1, -0.05) is 57.2 Å². The third-order valence-electron chi connectivity index (χ3n) is 11.4. The fourth-order valence-electron chi connectivity index (χ4n) is 8.10. The molecule has 10 heteroatoms. The molecule has 0 bridgehead atoms. The van der Waals surface area contributed by atoms with E-state index in [4.69, 9.17) is 9.97 Å². The molecule has 2 aromatic carbocycles. The SMILES string of the molecule is Cc1cc(-c2ncnc3[nH]c(C(=O)NCCCCN4[C@@H](c5ncccc5C)CCC[C@H]4c4ncccc4C)cc23)ccc1CNC(=O)c1ccc(C(C)(C)C)cc1. The minimum atomic E-state index is -0.170. The van der Waals surface area contributed by atoms with Crippen molar-refractivity contribution < 1.29 is 9.59 Å². The Labute approximate surface area is 336 Å². The largest absolute Gasteiger partial charge is 0.351 e. The lowest BCUT2D eigenvalue weighted by molar-refractivity contribution is 0.0740. The van der Waals surface area contributed by atoms with Gasteiger partial charge in [-0.3, -0.25) is 24.5 Å². The maximum atomic E-state index is 13.4. The van der Waals surface area contributed by atoms with E-state index in [0.717, 1.165) is 77.8 Å². The molecule has 0 spiro atoms. The number of aryl methyl sites for hydroxylation is 3. The van der Waals surface area contributed by atoms with Crippen molar-refractivity contribution in [1.82, 2.24) is 40.5 Å². The van der Waals surface area contributed by atoms with Crippen LogP contribution < -0.4 is 10.6 Å². The van der Waals surface area contributed by atoms with E-state index in [1.807, 2.05) is 73.9 Å². The number of nitrogens with one attached hydrogen (secondary N) is 3. The predicted molar refractivity (Wildman–Crippen MR) is 226 cm³/mol. The number of likely N-dealkylation sites (tertiary alicyclic amines) is 1. The molecule has 10 nitrogen and oxygen atoms in total. The molecule has 57 heavy (non-hydrogen) atoms. The van der Waals surface area contributed by atoms with Gasteiger partial charge < -0.3 is 15.6 Å². The van der Waals surface area contributed by atoms with Gasteiger partial charge in [0.15, 0.2) is 0 Å². The Morgan fingerprint density at radius 3 is 2.09 bits per heavy atom. The molecule has 2 atom stereocenters. The molecule has 6 aromatic rings. The van der Waals surface area contributed by atoms with Crippen LogP contribution >= 0.6 is 0 Å². The van der Waals surface area contributed by atoms with Crippen molar-refractivity contribution in [2.45, 2.75) is 97.7 Å². The van der Waals surface area contributed by atoms with E-state index >= 15 is 0 Å². The van der Waals surface area contributed by atoms with Crippen LogP contribution in [0.1, 0.15) is 125 Å². The Morgan fingerprint density at radius 2 is 1.46 bits per heavy atom. The Morgan fingerprint density at radius 1 is 0.772 bits per heavy atom. The van der Waals surface area contributed by atoms with E-state index in [2.05, 4.69) is 83.3 Å². The molecule has 1 aliphatic heterocycles. The normalized spacial score (nSPS) is 16.1. The van der Waals surface area contributed by atoms with Crippen molar-refractivity contribution in [3.63, 3.8) is 0 Å². The summed E-state index contributed by atoms with van der Waals surface area (Å²) in [5.41, 5.74) is 11.4. The van der Waals surface area contributed by atoms with Crippen molar-refractivity contribution in [3.8, 4) is 11.3 Å². The maximum absolute atomic E-state index is 13.4. The number of aromatic amines is 1. The molecule has 1 aliphatic rings. The zero-order chi connectivity index (χ0) is 40.1. The zero-order valence-corrected chi connectivity index (χ0v) is 34.0. The number of aromatic nitrogens is 5. The topological polar surface area (TPSA) is 129 Å². The summed E-state index contributed by atoms with van der Waals surface area (Å²) in [6, 6.07) is 24.5. The van der Waals surface area contributed by atoms with Crippen LogP contribution in [0.3, 0.4) is 0 Å². The minimum absolute atomic E-state index is 0.0301. The van der Waals surface area contributed by atoms with Crippen LogP contribution in [0.2, 0.25) is 0 Å². The van der Waals surface area contributed by atoms with Gasteiger partial charge in [-0.15, -0.1) is 0 Å². The highest BCUT2D eigenvalue weighted by Crippen LogP contribution is 2.42. The van der Waals surface area contributed by atoms with Crippen LogP contribution in [-0.2, 0) is 12.0 Å². The molecule has 0 aliphatic carbocycles. The third-order valence-corrected chi connectivity index (χ3v) is 11.4. The highest BCUT2D eigenvalue weighted by atomic mass is 16.2. The number of H-pyrrole nitrogens is 1. The first-order valence-corrected chi connectivity index (χ1v) is 20.2. The minimum Gasteiger partial charge on any atom is -0.351 e. The summed E-state index contributed by atoms with van der Waals surface area (Å²) in [7, 11) is 0. The smallest absolute Gasteiger partial charge is 0.267 e. The van der Waals surface area contributed by atoms with Crippen LogP contribution in [0.25, 0.3) is 22.3 Å². The highest BCUT2D eigenvalue weighted by molar-refractivity contribution is 6.00. The van der Waals surface area contributed by atoms with Gasteiger partial charge in [0, 0.05) is 42.0 Å². The van der Waals surface area contributed by atoms with E-state index in [0.29, 0.717) is 30.0 Å². The van der Waals surface area contributed by atoms with E-state index in [1.165, 1.54) is 23.0 Å². The number of hydrogen-bond acceptors (Lipinski definition) is 7. The molecule has 294 valence electrons. The van der Waals surface area contributed by atoms with Crippen LogP contribution in [-0.4, -0.2) is 54.7 Å². The number of piperidine rings is 1. The Kier molecular flexibility index (Phi) is 11.9. The Bertz CT molecular complexity index is 2310. The molecular formula is C47H54N8O2. The summed E-state index contributed by atoms with van der Waals surface area (Å²) in [6.07, 6.45) is 10.4. The number of rotatable bonds is 12. The van der Waals surface area contributed by atoms with Crippen molar-refractivity contribution in [1.29, 1.82) is 0 Å². The highest BCUT2D eigenvalue weighted by Gasteiger charge is 2.35. The van der Waals surface area contributed by atoms with Gasteiger partial charge >= 0.3 is 0 Å². The molecule has 1 fully saturated rings. The third kappa shape index (κ3) is 8.97. The van der Waals surface area contributed by atoms with Crippen molar-refractivity contribution in [2.75, 3.05) is 13.1 Å². The number of nitrogens with zero attached hydrogens (tertiary/aromatic N) is 5. The summed E-state index contributed by atoms with van der Waals surface area (Å²) in [4.78, 5) is 50.9. The van der Waals surface area contributed by atoms with Crippen LogP contribution in [0.5, 0.6) is 0 Å². The first-order valence-electron chi connectivity index (χ1n) is 20.2. The van der Waals surface area contributed by atoms with E-state index in [1.54, 1.807) is 0 Å². The average Bonchev–Trinajstić information content (AvgIpc) is 3.65. The first-order chi connectivity index (χ1) is 27.5. The predicted octanol–water partition coefficient (Wildman–Crippen LogP) is 9.05. The van der Waals surface area contributed by atoms with Gasteiger partial charge in [-0.25, -0.2) is 9.97 Å². The number of carbonyl (C=O) groups excluding carboxylic acids is 2. The molecule has 0 unspecified atom stereocenters. The summed E-state index contributed by atoms with van der Waals surface area (Å²) < 4.78 is 0.